The van der Waals surface area contributed by atoms with Crippen molar-refractivity contribution in [1.29, 1.82) is 0 Å². The van der Waals surface area contributed by atoms with Crippen molar-refractivity contribution in [2.24, 2.45) is 11.7 Å². The second-order valence-electron chi connectivity index (χ2n) is 6.00. The van der Waals surface area contributed by atoms with Gasteiger partial charge in [-0.2, -0.15) is 0 Å². The molecular weight excluding hydrogens is 248 g/mol. The van der Waals surface area contributed by atoms with Gasteiger partial charge in [-0.15, -0.1) is 0 Å². The highest BCUT2D eigenvalue weighted by Crippen LogP contribution is 2.27. The molecule has 1 aliphatic rings. The van der Waals surface area contributed by atoms with Crippen molar-refractivity contribution in [3.05, 3.63) is 29.3 Å². The summed E-state index contributed by atoms with van der Waals surface area (Å²) in [5.74, 6) is 1.82. The van der Waals surface area contributed by atoms with E-state index < -0.39 is 0 Å². The van der Waals surface area contributed by atoms with E-state index in [4.69, 9.17) is 10.5 Å². The minimum absolute atomic E-state index is 0.0306. The molecule has 1 heterocycles. The molecule has 1 aliphatic heterocycles. The Bertz CT molecular complexity index is 425. The first kappa shape index (κ1) is 15.3. The quantitative estimate of drug-likeness (QED) is 0.898. The first-order valence-corrected chi connectivity index (χ1v) is 7.76. The molecule has 0 aliphatic carbocycles. The van der Waals surface area contributed by atoms with Crippen LogP contribution in [0.2, 0.25) is 0 Å². The Balaban J connectivity index is 1.98. The summed E-state index contributed by atoms with van der Waals surface area (Å²) in [6, 6.07) is 6.28. The Morgan fingerprint density at radius 2 is 2.05 bits per heavy atom. The van der Waals surface area contributed by atoms with E-state index in [2.05, 4.69) is 30.9 Å². The fraction of sp³-hybridized carbons (Fsp3) is 0.647. The molecule has 2 N–H and O–H groups in total. The first-order valence-electron chi connectivity index (χ1n) is 7.76. The summed E-state index contributed by atoms with van der Waals surface area (Å²) in [7, 11) is 1.72. The van der Waals surface area contributed by atoms with Crippen molar-refractivity contribution in [2.45, 2.75) is 39.2 Å². The lowest BCUT2D eigenvalue weighted by atomic mass is 9.93. The standard InChI is InChI=1S/C17H28N2O/c1-4-14-7-9-19(10-8-14)12-16(18)15-11-13(2)5-6-17(15)20-3/h5-6,11,14,16H,4,7-10,12,18H2,1-3H3. The molecule has 0 amide bonds. The third-order valence-electron chi connectivity index (χ3n) is 4.52. The first-order chi connectivity index (χ1) is 9.63. The summed E-state index contributed by atoms with van der Waals surface area (Å²) in [6.07, 6.45) is 3.94. The maximum atomic E-state index is 6.42. The van der Waals surface area contributed by atoms with Gasteiger partial charge in [0.1, 0.15) is 5.75 Å². The van der Waals surface area contributed by atoms with Gasteiger partial charge in [0, 0.05) is 18.2 Å². The Hall–Kier alpha value is -1.06. The molecule has 0 aromatic heterocycles. The van der Waals surface area contributed by atoms with E-state index in [1.807, 2.05) is 6.07 Å². The lowest BCUT2D eigenvalue weighted by molar-refractivity contribution is 0.172. The number of methoxy groups -OCH3 is 1. The summed E-state index contributed by atoms with van der Waals surface area (Å²) in [6.45, 7) is 7.68. The van der Waals surface area contributed by atoms with Gasteiger partial charge in [-0.1, -0.05) is 31.0 Å². The van der Waals surface area contributed by atoms with Gasteiger partial charge in [0.2, 0.25) is 0 Å². The summed E-state index contributed by atoms with van der Waals surface area (Å²) < 4.78 is 5.45. The zero-order valence-electron chi connectivity index (χ0n) is 13.1. The number of rotatable bonds is 5. The Kier molecular flexibility index (Phi) is 5.44. The molecule has 3 nitrogen and oxygen atoms in total. The van der Waals surface area contributed by atoms with Gasteiger partial charge in [0.05, 0.1) is 7.11 Å². The fourth-order valence-corrected chi connectivity index (χ4v) is 3.10. The largest absolute Gasteiger partial charge is 0.496 e. The van der Waals surface area contributed by atoms with E-state index in [1.165, 1.54) is 37.9 Å². The summed E-state index contributed by atoms with van der Waals surface area (Å²) in [5, 5.41) is 0. The highest BCUT2D eigenvalue weighted by atomic mass is 16.5. The molecule has 1 aromatic rings. The number of likely N-dealkylation sites (tertiary alicyclic amines) is 1. The molecule has 1 unspecified atom stereocenters. The number of nitrogens with zero attached hydrogens (tertiary/aromatic N) is 1. The van der Waals surface area contributed by atoms with E-state index in [-0.39, 0.29) is 6.04 Å². The SMILES string of the molecule is CCC1CCN(CC(N)c2cc(C)ccc2OC)CC1. The molecule has 0 spiro atoms. The van der Waals surface area contributed by atoms with Crippen LogP contribution in [0.25, 0.3) is 0 Å². The van der Waals surface area contributed by atoms with Crippen LogP contribution in [0.15, 0.2) is 18.2 Å². The van der Waals surface area contributed by atoms with Crippen molar-refractivity contribution in [1.82, 2.24) is 4.90 Å². The smallest absolute Gasteiger partial charge is 0.123 e. The van der Waals surface area contributed by atoms with Crippen LogP contribution in [0.1, 0.15) is 43.4 Å². The van der Waals surface area contributed by atoms with Crippen molar-refractivity contribution in [3.8, 4) is 5.75 Å². The number of ether oxygens (including phenoxy) is 1. The van der Waals surface area contributed by atoms with Crippen molar-refractivity contribution in [3.63, 3.8) is 0 Å². The van der Waals surface area contributed by atoms with Crippen molar-refractivity contribution < 1.29 is 4.74 Å². The lowest BCUT2D eigenvalue weighted by Gasteiger charge is -2.33. The summed E-state index contributed by atoms with van der Waals surface area (Å²) >= 11 is 0. The van der Waals surface area contributed by atoms with E-state index in [0.29, 0.717) is 0 Å². The highest BCUT2D eigenvalue weighted by Gasteiger charge is 2.21. The summed E-state index contributed by atoms with van der Waals surface area (Å²) in [4.78, 5) is 2.50. The van der Waals surface area contributed by atoms with E-state index in [9.17, 15) is 0 Å². The molecule has 1 fully saturated rings. The predicted molar refractivity (Wildman–Crippen MR) is 84.1 cm³/mol. The maximum absolute atomic E-state index is 6.42. The second-order valence-corrected chi connectivity index (χ2v) is 6.00. The maximum Gasteiger partial charge on any atom is 0.123 e. The second kappa shape index (κ2) is 7.09. The van der Waals surface area contributed by atoms with Crippen molar-refractivity contribution in [2.75, 3.05) is 26.7 Å². The molecule has 0 bridgehead atoms. The molecule has 2 rings (SSSR count). The van der Waals surface area contributed by atoms with Crippen LogP contribution < -0.4 is 10.5 Å². The average molecular weight is 276 g/mol. The molecule has 1 aromatic carbocycles. The van der Waals surface area contributed by atoms with Gasteiger partial charge < -0.3 is 15.4 Å². The molecule has 3 heteroatoms. The van der Waals surface area contributed by atoms with Gasteiger partial charge in [-0.25, -0.2) is 0 Å². The number of nitrogens with two attached hydrogens (primary N) is 1. The Labute approximate surface area is 123 Å². The van der Waals surface area contributed by atoms with Crippen LogP contribution in [0.3, 0.4) is 0 Å². The molecule has 0 radical (unpaired) electrons. The zero-order chi connectivity index (χ0) is 14.5. The number of hydrogen-bond acceptors (Lipinski definition) is 3. The third kappa shape index (κ3) is 3.74. The van der Waals surface area contributed by atoms with Gasteiger partial charge in [0.15, 0.2) is 0 Å². The third-order valence-corrected chi connectivity index (χ3v) is 4.52. The van der Waals surface area contributed by atoms with Gasteiger partial charge in [0.25, 0.3) is 0 Å². The number of benzene rings is 1. The Morgan fingerprint density at radius 1 is 1.35 bits per heavy atom. The molecule has 1 atom stereocenters. The Morgan fingerprint density at radius 3 is 2.65 bits per heavy atom. The van der Waals surface area contributed by atoms with Crippen LogP contribution in [-0.2, 0) is 0 Å². The summed E-state index contributed by atoms with van der Waals surface area (Å²) in [5.41, 5.74) is 8.78. The van der Waals surface area contributed by atoms with Crippen molar-refractivity contribution >= 4 is 0 Å². The number of hydrogen-bond donors (Lipinski definition) is 1. The molecule has 20 heavy (non-hydrogen) atoms. The number of aryl methyl sites for hydroxylation is 1. The molecule has 0 saturated carbocycles. The van der Waals surface area contributed by atoms with E-state index in [0.717, 1.165) is 23.8 Å². The minimum Gasteiger partial charge on any atom is -0.496 e. The highest BCUT2D eigenvalue weighted by molar-refractivity contribution is 5.39. The minimum atomic E-state index is 0.0306. The molecular formula is C17H28N2O. The lowest BCUT2D eigenvalue weighted by Crippen LogP contribution is -2.38. The zero-order valence-corrected chi connectivity index (χ0v) is 13.1. The normalized spacial score (nSPS) is 19.0. The predicted octanol–water partition coefficient (Wildman–Crippen LogP) is 3.13. The number of piperidine rings is 1. The van der Waals surface area contributed by atoms with Gasteiger partial charge >= 0.3 is 0 Å². The monoisotopic (exact) mass is 276 g/mol. The molecule has 112 valence electrons. The fourth-order valence-electron chi connectivity index (χ4n) is 3.10. The van der Waals surface area contributed by atoms with Gasteiger partial charge in [-0.3, -0.25) is 0 Å². The van der Waals surface area contributed by atoms with Crippen LogP contribution in [0, 0.1) is 12.8 Å². The van der Waals surface area contributed by atoms with Crippen LogP contribution in [-0.4, -0.2) is 31.6 Å². The van der Waals surface area contributed by atoms with Crippen LogP contribution in [0.5, 0.6) is 5.75 Å². The van der Waals surface area contributed by atoms with E-state index in [1.54, 1.807) is 7.11 Å². The average Bonchev–Trinajstić information content (AvgIpc) is 2.48. The topological polar surface area (TPSA) is 38.5 Å². The van der Waals surface area contributed by atoms with Crippen LogP contribution >= 0.6 is 0 Å². The molecule has 1 saturated heterocycles. The van der Waals surface area contributed by atoms with E-state index >= 15 is 0 Å². The van der Waals surface area contributed by atoms with Crippen LogP contribution in [0.4, 0.5) is 0 Å². The van der Waals surface area contributed by atoms with Gasteiger partial charge in [-0.05, 0) is 44.8 Å².